The van der Waals surface area contributed by atoms with Gasteiger partial charge in [-0.25, -0.2) is 0 Å². The van der Waals surface area contributed by atoms with Gasteiger partial charge in [0.25, 0.3) is 0 Å². The lowest BCUT2D eigenvalue weighted by Crippen LogP contribution is -2.40. The van der Waals surface area contributed by atoms with E-state index in [4.69, 9.17) is 0 Å². The summed E-state index contributed by atoms with van der Waals surface area (Å²) in [5, 5.41) is 1.40. The SMILES string of the molecule is C=CC(=O)N(Cc1ccsc1C(F)(F)F)C(C)C(C)C. The van der Waals surface area contributed by atoms with Gasteiger partial charge < -0.3 is 4.90 Å². The highest BCUT2D eigenvalue weighted by Crippen LogP contribution is 2.36. The molecule has 20 heavy (non-hydrogen) atoms. The highest BCUT2D eigenvalue weighted by atomic mass is 32.1. The first-order valence-electron chi connectivity index (χ1n) is 6.25. The van der Waals surface area contributed by atoms with Gasteiger partial charge in [0.2, 0.25) is 5.91 Å². The standard InChI is InChI=1S/C14H18F3NOS/c1-5-12(19)18(10(4)9(2)3)8-11-6-7-20-13(11)14(15,16)17/h5-7,9-10H,1,8H2,2-4H3. The lowest BCUT2D eigenvalue weighted by Gasteiger charge is -2.31. The maximum absolute atomic E-state index is 12.9. The smallest absolute Gasteiger partial charge is 0.332 e. The average molecular weight is 305 g/mol. The van der Waals surface area contributed by atoms with Crippen LogP contribution < -0.4 is 0 Å². The first kappa shape index (κ1) is 16.8. The minimum absolute atomic E-state index is 0.0530. The van der Waals surface area contributed by atoms with Gasteiger partial charge in [0.15, 0.2) is 0 Å². The molecule has 0 fully saturated rings. The minimum atomic E-state index is -4.38. The van der Waals surface area contributed by atoms with Gasteiger partial charge in [-0.1, -0.05) is 20.4 Å². The minimum Gasteiger partial charge on any atom is -0.332 e. The van der Waals surface area contributed by atoms with Crippen LogP contribution >= 0.6 is 11.3 Å². The summed E-state index contributed by atoms with van der Waals surface area (Å²) in [6, 6.07) is 1.26. The normalized spacial score (nSPS) is 13.3. The van der Waals surface area contributed by atoms with E-state index in [2.05, 4.69) is 6.58 Å². The molecule has 0 saturated carbocycles. The third-order valence-electron chi connectivity index (χ3n) is 3.26. The van der Waals surface area contributed by atoms with Crippen molar-refractivity contribution in [3.05, 3.63) is 34.5 Å². The van der Waals surface area contributed by atoms with Crippen molar-refractivity contribution >= 4 is 17.2 Å². The van der Waals surface area contributed by atoms with Gasteiger partial charge in [-0.05, 0) is 35.9 Å². The predicted molar refractivity (Wildman–Crippen MR) is 74.4 cm³/mol. The van der Waals surface area contributed by atoms with Crippen LogP contribution in [-0.2, 0) is 17.5 Å². The molecule has 0 aliphatic heterocycles. The van der Waals surface area contributed by atoms with Crippen LogP contribution in [-0.4, -0.2) is 16.8 Å². The van der Waals surface area contributed by atoms with Crippen molar-refractivity contribution in [3.63, 3.8) is 0 Å². The van der Waals surface area contributed by atoms with Crippen LogP contribution in [0.25, 0.3) is 0 Å². The molecule has 1 aromatic heterocycles. The monoisotopic (exact) mass is 305 g/mol. The Hall–Kier alpha value is -1.30. The summed E-state index contributed by atoms with van der Waals surface area (Å²) < 4.78 is 38.6. The number of carbonyl (C=O) groups excluding carboxylic acids is 1. The molecule has 2 nitrogen and oxygen atoms in total. The van der Waals surface area contributed by atoms with Crippen LogP contribution in [0, 0.1) is 5.92 Å². The second-order valence-electron chi connectivity index (χ2n) is 4.93. The van der Waals surface area contributed by atoms with E-state index >= 15 is 0 Å². The summed E-state index contributed by atoms with van der Waals surface area (Å²) >= 11 is 0.649. The van der Waals surface area contributed by atoms with Gasteiger partial charge in [0.05, 0.1) is 0 Å². The van der Waals surface area contributed by atoms with Crippen LogP contribution in [0.4, 0.5) is 13.2 Å². The molecular formula is C14H18F3NOS. The van der Waals surface area contributed by atoms with E-state index in [9.17, 15) is 18.0 Å². The zero-order valence-electron chi connectivity index (χ0n) is 11.7. The fourth-order valence-electron chi connectivity index (χ4n) is 1.79. The van der Waals surface area contributed by atoms with Gasteiger partial charge in [0.1, 0.15) is 4.88 Å². The van der Waals surface area contributed by atoms with Crippen LogP contribution in [0.15, 0.2) is 24.1 Å². The van der Waals surface area contributed by atoms with Crippen LogP contribution in [0.2, 0.25) is 0 Å². The Labute approximate surface area is 120 Å². The molecular weight excluding hydrogens is 287 g/mol. The third-order valence-corrected chi connectivity index (χ3v) is 4.26. The molecule has 1 aromatic rings. The van der Waals surface area contributed by atoms with Crippen LogP contribution in [0.3, 0.4) is 0 Å². The number of rotatable bonds is 5. The topological polar surface area (TPSA) is 20.3 Å². The van der Waals surface area contributed by atoms with Crippen molar-refractivity contribution in [1.29, 1.82) is 0 Å². The number of hydrogen-bond donors (Lipinski definition) is 0. The van der Waals surface area contributed by atoms with E-state index in [1.54, 1.807) is 0 Å². The Balaban J connectivity index is 3.05. The van der Waals surface area contributed by atoms with Crippen molar-refractivity contribution in [1.82, 2.24) is 4.90 Å². The van der Waals surface area contributed by atoms with E-state index < -0.39 is 11.1 Å². The Kier molecular flexibility index (Phi) is 5.39. The molecule has 0 N–H and O–H groups in total. The maximum atomic E-state index is 12.9. The summed E-state index contributed by atoms with van der Waals surface area (Å²) in [5.41, 5.74) is 0.130. The summed E-state index contributed by atoms with van der Waals surface area (Å²) in [5.74, 6) is -0.211. The second-order valence-corrected chi connectivity index (χ2v) is 5.84. The predicted octanol–water partition coefficient (Wildman–Crippen LogP) is 4.33. The van der Waals surface area contributed by atoms with Crippen molar-refractivity contribution in [2.24, 2.45) is 5.92 Å². The number of nitrogens with zero attached hydrogens (tertiary/aromatic N) is 1. The zero-order valence-corrected chi connectivity index (χ0v) is 12.5. The van der Waals surface area contributed by atoms with Crippen molar-refractivity contribution < 1.29 is 18.0 Å². The first-order chi connectivity index (χ1) is 9.18. The quantitative estimate of drug-likeness (QED) is 0.742. The largest absolute Gasteiger partial charge is 0.425 e. The number of hydrogen-bond acceptors (Lipinski definition) is 2. The Morgan fingerprint density at radius 2 is 2.05 bits per heavy atom. The molecule has 0 aromatic carbocycles. The molecule has 1 heterocycles. The van der Waals surface area contributed by atoms with Gasteiger partial charge in [0, 0.05) is 12.6 Å². The summed E-state index contributed by atoms with van der Waals surface area (Å²) in [7, 11) is 0. The van der Waals surface area contributed by atoms with E-state index in [0.717, 1.165) is 6.08 Å². The van der Waals surface area contributed by atoms with E-state index in [-0.39, 0.29) is 30.0 Å². The van der Waals surface area contributed by atoms with E-state index in [1.807, 2.05) is 20.8 Å². The Bertz CT molecular complexity index is 479. The lowest BCUT2D eigenvalue weighted by molar-refractivity contribution is -0.137. The van der Waals surface area contributed by atoms with Gasteiger partial charge in [-0.15, -0.1) is 11.3 Å². The molecule has 0 bridgehead atoms. The second kappa shape index (κ2) is 6.43. The molecule has 1 rings (SSSR count). The average Bonchev–Trinajstić information content (AvgIpc) is 2.82. The number of halogens is 3. The molecule has 0 radical (unpaired) electrons. The fourth-order valence-corrected chi connectivity index (χ4v) is 2.58. The Morgan fingerprint density at radius 3 is 2.50 bits per heavy atom. The van der Waals surface area contributed by atoms with Crippen molar-refractivity contribution in [2.45, 2.75) is 39.5 Å². The summed E-state index contributed by atoms with van der Waals surface area (Å²) in [6.07, 6.45) is -3.24. The molecule has 6 heteroatoms. The zero-order chi connectivity index (χ0) is 15.5. The molecule has 0 saturated heterocycles. The summed E-state index contributed by atoms with van der Waals surface area (Å²) in [6.45, 7) is 9.03. The molecule has 0 aliphatic carbocycles. The highest BCUT2D eigenvalue weighted by Gasteiger charge is 2.35. The van der Waals surface area contributed by atoms with Crippen LogP contribution in [0.5, 0.6) is 0 Å². The van der Waals surface area contributed by atoms with Crippen molar-refractivity contribution in [2.75, 3.05) is 0 Å². The first-order valence-corrected chi connectivity index (χ1v) is 7.13. The van der Waals surface area contributed by atoms with Gasteiger partial charge >= 0.3 is 6.18 Å². The molecule has 1 atom stereocenters. The highest BCUT2D eigenvalue weighted by molar-refractivity contribution is 7.10. The van der Waals surface area contributed by atoms with Gasteiger partial charge in [-0.2, -0.15) is 13.2 Å². The van der Waals surface area contributed by atoms with E-state index in [0.29, 0.717) is 11.3 Å². The lowest BCUT2D eigenvalue weighted by atomic mass is 10.0. The molecule has 1 amide bonds. The summed E-state index contributed by atoms with van der Waals surface area (Å²) in [4.78, 5) is 12.7. The maximum Gasteiger partial charge on any atom is 0.425 e. The van der Waals surface area contributed by atoms with Crippen LogP contribution in [0.1, 0.15) is 31.2 Å². The van der Waals surface area contributed by atoms with Gasteiger partial charge in [-0.3, -0.25) is 4.79 Å². The molecule has 0 spiro atoms. The third kappa shape index (κ3) is 3.85. The Morgan fingerprint density at radius 1 is 1.45 bits per heavy atom. The number of carbonyl (C=O) groups is 1. The fraction of sp³-hybridized carbons (Fsp3) is 0.500. The molecule has 112 valence electrons. The van der Waals surface area contributed by atoms with Crippen molar-refractivity contribution in [3.8, 4) is 0 Å². The number of alkyl halides is 3. The number of amides is 1. The van der Waals surface area contributed by atoms with E-state index in [1.165, 1.54) is 16.3 Å². The molecule has 1 unspecified atom stereocenters. The number of thiophene rings is 1. The molecule has 0 aliphatic rings.